The van der Waals surface area contributed by atoms with Crippen LogP contribution in [0.15, 0.2) is 52.9 Å². The summed E-state index contributed by atoms with van der Waals surface area (Å²) in [5.41, 5.74) is 1.05. The van der Waals surface area contributed by atoms with Crippen molar-refractivity contribution < 1.29 is 27.4 Å². The molecule has 1 aromatic heterocycles. The minimum absolute atomic E-state index is 0.208. The average Bonchev–Trinajstić information content (AvgIpc) is 3.12. The van der Waals surface area contributed by atoms with Gasteiger partial charge in [-0.1, -0.05) is 17.4 Å². The number of aromatic nitrogens is 1. The van der Waals surface area contributed by atoms with E-state index >= 15 is 0 Å². The second kappa shape index (κ2) is 10.9. The molecule has 0 aliphatic rings. The van der Waals surface area contributed by atoms with Gasteiger partial charge < -0.3 is 18.8 Å². The highest BCUT2D eigenvalue weighted by Gasteiger charge is 2.19. The van der Waals surface area contributed by atoms with Crippen molar-refractivity contribution in [3.05, 3.63) is 53.4 Å². The van der Waals surface area contributed by atoms with Crippen LogP contribution in [0.25, 0.3) is 10.2 Å². The lowest BCUT2D eigenvalue weighted by Gasteiger charge is -2.16. The Morgan fingerprint density at radius 2 is 1.68 bits per heavy atom. The summed E-state index contributed by atoms with van der Waals surface area (Å²) in [7, 11) is -3.37. The van der Waals surface area contributed by atoms with Crippen LogP contribution in [0.3, 0.4) is 0 Å². The van der Waals surface area contributed by atoms with E-state index in [0.29, 0.717) is 53.1 Å². The highest BCUT2D eigenvalue weighted by molar-refractivity contribution is 7.90. The number of rotatable bonds is 10. The predicted octanol–water partition coefficient (Wildman–Crippen LogP) is 4.23. The first-order valence-electron chi connectivity index (χ1n) is 10.8. The molecule has 0 N–H and O–H groups in total. The minimum atomic E-state index is -3.37. The Kier molecular flexibility index (Phi) is 8.16. The smallest absolute Gasteiger partial charge is 0.279 e. The van der Waals surface area contributed by atoms with Crippen molar-refractivity contribution in [2.24, 2.45) is 4.99 Å². The molecule has 0 aliphatic heterocycles. The number of nitrogens with zero attached hydrogens (tertiary/aromatic N) is 2. The topological polar surface area (TPSA) is 96.2 Å². The van der Waals surface area contributed by atoms with Gasteiger partial charge in [0.1, 0.15) is 0 Å². The molecule has 182 valence electrons. The van der Waals surface area contributed by atoms with Crippen LogP contribution >= 0.6 is 11.3 Å². The van der Waals surface area contributed by atoms with Gasteiger partial charge in [-0.2, -0.15) is 4.99 Å². The molecule has 0 unspecified atom stereocenters. The van der Waals surface area contributed by atoms with Crippen LogP contribution in [0.2, 0.25) is 0 Å². The molecule has 34 heavy (non-hydrogen) atoms. The van der Waals surface area contributed by atoms with E-state index in [4.69, 9.17) is 14.2 Å². The number of amides is 1. The molecule has 0 bridgehead atoms. The van der Waals surface area contributed by atoms with Gasteiger partial charge in [0.2, 0.25) is 5.75 Å². The van der Waals surface area contributed by atoms with Crippen LogP contribution in [-0.2, 0) is 16.4 Å². The predicted molar refractivity (Wildman–Crippen MR) is 133 cm³/mol. The van der Waals surface area contributed by atoms with E-state index in [1.165, 1.54) is 11.3 Å². The monoisotopic (exact) mass is 504 g/mol. The molecule has 0 atom stereocenters. The molecule has 0 saturated heterocycles. The van der Waals surface area contributed by atoms with Crippen LogP contribution in [0.4, 0.5) is 0 Å². The van der Waals surface area contributed by atoms with E-state index < -0.39 is 15.7 Å². The van der Waals surface area contributed by atoms with Crippen molar-refractivity contribution in [1.82, 2.24) is 4.57 Å². The fourth-order valence-corrected chi connectivity index (χ4v) is 5.14. The Hall–Kier alpha value is -3.11. The molecule has 0 radical (unpaired) electrons. The van der Waals surface area contributed by atoms with Gasteiger partial charge in [0.15, 0.2) is 26.1 Å². The van der Waals surface area contributed by atoms with Crippen LogP contribution in [0, 0.1) is 0 Å². The zero-order chi connectivity index (χ0) is 24.9. The van der Waals surface area contributed by atoms with E-state index in [-0.39, 0.29) is 10.5 Å². The number of hydrogen-bond donors (Lipinski definition) is 0. The lowest BCUT2D eigenvalue weighted by Crippen LogP contribution is -2.16. The normalized spacial score (nSPS) is 12.1. The van der Waals surface area contributed by atoms with Crippen molar-refractivity contribution in [3.8, 4) is 17.2 Å². The number of hydrogen-bond acceptors (Lipinski definition) is 7. The van der Waals surface area contributed by atoms with Crippen LogP contribution < -0.4 is 19.0 Å². The van der Waals surface area contributed by atoms with Crippen molar-refractivity contribution >= 4 is 37.3 Å². The first-order valence-corrected chi connectivity index (χ1v) is 13.5. The Morgan fingerprint density at radius 1 is 1.06 bits per heavy atom. The Balaban J connectivity index is 2.17. The molecule has 3 rings (SSSR count). The summed E-state index contributed by atoms with van der Waals surface area (Å²) in [5, 5.41) is 0. The molecule has 2 aromatic carbocycles. The molecular formula is C24H28N2O6S2. The molecule has 0 aliphatic carbocycles. The fourth-order valence-electron chi connectivity index (χ4n) is 3.34. The summed E-state index contributed by atoms with van der Waals surface area (Å²) in [4.78, 5) is 18.2. The number of allylic oxidation sites excluding steroid dienone is 1. The Labute approximate surface area is 203 Å². The van der Waals surface area contributed by atoms with Crippen LogP contribution in [0.5, 0.6) is 17.2 Å². The minimum Gasteiger partial charge on any atom is -0.490 e. The van der Waals surface area contributed by atoms with E-state index in [2.05, 4.69) is 11.6 Å². The van der Waals surface area contributed by atoms with Gasteiger partial charge in [0.05, 0.1) is 34.9 Å². The van der Waals surface area contributed by atoms with Gasteiger partial charge >= 0.3 is 0 Å². The maximum atomic E-state index is 13.2. The van der Waals surface area contributed by atoms with Crippen molar-refractivity contribution in [2.75, 3.05) is 26.1 Å². The molecule has 0 spiro atoms. The molecule has 1 amide bonds. The summed E-state index contributed by atoms with van der Waals surface area (Å²) < 4.78 is 43.6. The van der Waals surface area contributed by atoms with Gasteiger partial charge in [-0.15, -0.1) is 6.58 Å². The second-order valence-corrected chi connectivity index (χ2v) is 10.2. The zero-order valence-electron chi connectivity index (χ0n) is 19.7. The largest absolute Gasteiger partial charge is 0.490 e. The van der Waals surface area contributed by atoms with Crippen molar-refractivity contribution in [3.63, 3.8) is 0 Å². The summed E-state index contributed by atoms with van der Waals surface area (Å²) in [5.74, 6) is 0.765. The maximum absolute atomic E-state index is 13.2. The number of thiazole rings is 1. The number of fused-ring (bicyclic) bond motifs is 1. The highest BCUT2D eigenvalue weighted by Crippen LogP contribution is 2.39. The summed E-state index contributed by atoms with van der Waals surface area (Å²) in [6, 6.07) is 8.04. The van der Waals surface area contributed by atoms with Gasteiger partial charge in [-0.3, -0.25) is 4.79 Å². The third-order valence-electron chi connectivity index (χ3n) is 4.75. The summed E-state index contributed by atoms with van der Waals surface area (Å²) >= 11 is 1.23. The van der Waals surface area contributed by atoms with Gasteiger partial charge in [-0.05, 0) is 51.1 Å². The molecule has 3 aromatic rings. The SMILES string of the molecule is C=CCn1c(=NC(=O)c2cc(OCC)c(OCC)c(OCC)c2)sc2cc(S(C)(=O)=O)ccc21. The van der Waals surface area contributed by atoms with E-state index in [9.17, 15) is 13.2 Å². The van der Waals surface area contributed by atoms with Crippen LogP contribution in [-0.4, -0.2) is 45.0 Å². The highest BCUT2D eigenvalue weighted by atomic mass is 32.2. The number of carbonyl (C=O) groups excluding carboxylic acids is 1. The summed E-state index contributed by atoms with van der Waals surface area (Å²) in [6.45, 7) is 10.9. The fraction of sp³-hybridized carbons (Fsp3) is 0.333. The number of ether oxygens (including phenoxy) is 3. The average molecular weight is 505 g/mol. The number of benzene rings is 2. The standard InChI is InChI=1S/C24H28N2O6S2/c1-6-12-26-18-11-10-17(34(5,28)29)15-21(18)33-24(26)25-23(27)16-13-19(30-7-2)22(32-9-4)20(14-16)31-8-3/h6,10-11,13-15H,1,7-9,12H2,2-5H3. The Morgan fingerprint density at radius 3 is 2.21 bits per heavy atom. The van der Waals surface area contributed by atoms with Crippen LogP contribution in [0.1, 0.15) is 31.1 Å². The zero-order valence-corrected chi connectivity index (χ0v) is 21.3. The van der Waals surface area contributed by atoms with Gasteiger partial charge in [-0.25, -0.2) is 8.42 Å². The second-order valence-electron chi connectivity index (χ2n) is 7.20. The number of sulfone groups is 1. The van der Waals surface area contributed by atoms with E-state index in [0.717, 1.165) is 11.8 Å². The molecule has 10 heteroatoms. The Bertz CT molecular complexity index is 1360. The number of carbonyl (C=O) groups is 1. The summed E-state index contributed by atoms with van der Waals surface area (Å²) in [6.07, 6.45) is 2.85. The van der Waals surface area contributed by atoms with E-state index in [1.54, 1.807) is 36.4 Å². The molecule has 0 saturated carbocycles. The van der Waals surface area contributed by atoms with E-state index in [1.807, 2.05) is 25.3 Å². The maximum Gasteiger partial charge on any atom is 0.279 e. The first-order chi connectivity index (χ1) is 16.2. The quantitative estimate of drug-likeness (QED) is 0.384. The third kappa shape index (κ3) is 5.51. The molecule has 0 fully saturated rings. The van der Waals surface area contributed by atoms with Crippen molar-refractivity contribution in [1.29, 1.82) is 0 Å². The lowest BCUT2D eigenvalue weighted by molar-refractivity contribution is 0.0996. The van der Waals surface area contributed by atoms with Gasteiger partial charge in [0, 0.05) is 18.4 Å². The molecule has 1 heterocycles. The third-order valence-corrected chi connectivity index (χ3v) is 6.90. The van der Waals surface area contributed by atoms with Crippen molar-refractivity contribution in [2.45, 2.75) is 32.2 Å². The lowest BCUT2D eigenvalue weighted by atomic mass is 10.1. The first kappa shape index (κ1) is 25.5. The van der Waals surface area contributed by atoms with Gasteiger partial charge in [0.25, 0.3) is 5.91 Å². The molecular weight excluding hydrogens is 476 g/mol. The molecule has 8 nitrogen and oxygen atoms in total.